The lowest BCUT2D eigenvalue weighted by Crippen LogP contribution is -2.25. The van der Waals surface area contributed by atoms with Crippen molar-refractivity contribution in [3.05, 3.63) is 71.0 Å². The van der Waals surface area contributed by atoms with Gasteiger partial charge >= 0.3 is 12.1 Å². The Labute approximate surface area is 179 Å². The molecule has 2 aliphatic heterocycles. The summed E-state index contributed by atoms with van der Waals surface area (Å²) in [5, 5.41) is 12.3. The van der Waals surface area contributed by atoms with Gasteiger partial charge in [0.15, 0.2) is 11.5 Å². The van der Waals surface area contributed by atoms with Gasteiger partial charge in [-0.25, -0.2) is 4.79 Å². The van der Waals surface area contributed by atoms with Crippen LogP contribution in [0.15, 0.2) is 48.7 Å². The standard InChI is InChI=1S/C22H15F3N2O5/c23-22(24,25)12-2-1-3-13(7-12)27-9-15(21(29)30)19-20(27)14(8-18(28)26-19)11-4-5-16-17(6-11)32-10-31-16/h1-7,9,14H,8,10H2,(H,26,28)(H,29,30)/t14-/m0/s1. The van der Waals surface area contributed by atoms with Crippen molar-refractivity contribution in [3.63, 3.8) is 0 Å². The number of halogens is 3. The quantitative estimate of drug-likeness (QED) is 0.625. The molecule has 1 atom stereocenters. The van der Waals surface area contributed by atoms with Crippen LogP contribution < -0.4 is 14.8 Å². The molecule has 0 spiro atoms. The third-order valence-corrected chi connectivity index (χ3v) is 5.51. The summed E-state index contributed by atoms with van der Waals surface area (Å²) < 4.78 is 52.0. The fraction of sp³-hybridized carbons (Fsp3) is 0.182. The molecule has 7 nitrogen and oxygen atoms in total. The highest BCUT2D eigenvalue weighted by molar-refractivity contribution is 6.04. The number of carbonyl (C=O) groups excluding carboxylic acids is 1. The molecule has 0 bridgehead atoms. The number of amides is 1. The number of alkyl halides is 3. The van der Waals surface area contributed by atoms with E-state index in [1.807, 2.05) is 0 Å². The maximum atomic E-state index is 13.3. The second-order valence-corrected chi connectivity index (χ2v) is 7.44. The Bertz CT molecular complexity index is 1260. The van der Waals surface area contributed by atoms with Gasteiger partial charge in [0.2, 0.25) is 12.7 Å². The van der Waals surface area contributed by atoms with Gasteiger partial charge in [-0.3, -0.25) is 4.79 Å². The largest absolute Gasteiger partial charge is 0.478 e. The number of carboxylic acid groups (broad SMARTS) is 1. The topological polar surface area (TPSA) is 89.8 Å². The number of aromatic nitrogens is 1. The highest BCUT2D eigenvalue weighted by atomic mass is 19.4. The van der Waals surface area contributed by atoms with E-state index in [2.05, 4.69) is 5.32 Å². The smallest absolute Gasteiger partial charge is 0.416 e. The predicted molar refractivity (Wildman–Crippen MR) is 105 cm³/mol. The molecule has 0 saturated carbocycles. The minimum atomic E-state index is -4.57. The van der Waals surface area contributed by atoms with Crippen LogP contribution in [0.1, 0.15) is 39.5 Å². The Morgan fingerprint density at radius 3 is 2.66 bits per heavy atom. The van der Waals surface area contributed by atoms with E-state index in [-0.39, 0.29) is 30.2 Å². The summed E-state index contributed by atoms with van der Waals surface area (Å²) in [6.45, 7) is 0.0545. The number of hydrogen-bond acceptors (Lipinski definition) is 4. The Balaban J connectivity index is 1.72. The number of rotatable bonds is 3. The molecule has 3 aromatic rings. The molecular formula is C22H15F3N2O5. The van der Waals surface area contributed by atoms with Crippen molar-refractivity contribution in [3.8, 4) is 17.2 Å². The first-order chi connectivity index (χ1) is 15.2. The van der Waals surface area contributed by atoms with E-state index in [1.165, 1.54) is 22.9 Å². The van der Waals surface area contributed by atoms with Gasteiger partial charge in [-0.2, -0.15) is 13.2 Å². The van der Waals surface area contributed by atoms with E-state index in [9.17, 15) is 27.9 Å². The van der Waals surface area contributed by atoms with Crippen LogP contribution in [0, 0.1) is 0 Å². The van der Waals surface area contributed by atoms with Crippen molar-refractivity contribution in [1.29, 1.82) is 0 Å². The summed E-state index contributed by atoms with van der Waals surface area (Å²) in [6.07, 6.45) is -3.35. The third-order valence-electron chi connectivity index (χ3n) is 5.51. The number of ether oxygens (including phenoxy) is 2. The number of benzene rings is 2. The molecule has 10 heteroatoms. The van der Waals surface area contributed by atoms with Gasteiger partial charge in [0.1, 0.15) is 5.56 Å². The van der Waals surface area contributed by atoms with E-state index in [1.54, 1.807) is 18.2 Å². The number of aromatic carboxylic acids is 1. The number of carboxylic acids is 1. The first-order valence-corrected chi connectivity index (χ1v) is 9.58. The molecule has 2 aromatic carbocycles. The predicted octanol–water partition coefficient (Wildman–Crippen LogP) is 4.40. The van der Waals surface area contributed by atoms with Crippen LogP contribution >= 0.6 is 0 Å². The minimum Gasteiger partial charge on any atom is -0.478 e. The van der Waals surface area contributed by atoms with E-state index in [0.717, 1.165) is 12.1 Å². The Kier molecular flexibility index (Phi) is 4.40. The first kappa shape index (κ1) is 20.0. The molecule has 2 aliphatic rings. The average molecular weight is 444 g/mol. The number of anilines is 1. The molecule has 3 heterocycles. The van der Waals surface area contributed by atoms with E-state index in [4.69, 9.17) is 9.47 Å². The van der Waals surface area contributed by atoms with Crippen LogP contribution in [-0.4, -0.2) is 28.3 Å². The summed E-state index contributed by atoms with van der Waals surface area (Å²) >= 11 is 0. The number of fused-ring (bicyclic) bond motifs is 2. The Morgan fingerprint density at radius 2 is 1.91 bits per heavy atom. The number of nitrogens with zero attached hydrogens (tertiary/aromatic N) is 1. The van der Waals surface area contributed by atoms with E-state index < -0.39 is 29.5 Å². The molecular weight excluding hydrogens is 429 g/mol. The van der Waals surface area contributed by atoms with Gasteiger partial charge in [0, 0.05) is 24.2 Å². The van der Waals surface area contributed by atoms with Crippen LogP contribution in [0.3, 0.4) is 0 Å². The highest BCUT2D eigenvalue weighted by Gasteiger charge is 2.36. The zero-order chi connectivity index (χ0) is 22.6. The van der Waals surface area contributed by atoms with Gasteiger partial charge in [-0.1, -0.05) is 12.1 Å². The molecule has 0 fully saturated rings. The lowest BCUT2D eigenvalue weighted by atomic mass is 9.88. The molecule has 164 valence electrons. The monoisotopic (exact) mass is 444 g/mol. The van der Waals surface area contributed by atoms with E-state index >= 15 is 0 Å². The molecule has 2 N–H and O–H groups in total. The molecule has 5 rings (SSSR count). The van der Waals surface area contributed by atoms with Gasteiger partial charge < -0.3 is 24.5 Å². The van der Waals surface area contributed by atoms with Crippen LogP contribution in [0.4, 0.5) is 18.9 Å². The number of hydrogen-bond donors (Lipinski definition) is 2. The van der Waals surface area contributed by atoms with Gasteiger partial charge in [0.05, 0.1) is 16.9 Å². The van der Waals surface area contributed by atoms with Crippen molar-refractivity contribution in [2.45, 2.75) is 18.5 Å². The summed E-state index contributed by atoms with van der Waals surface area (Å²) in [5.41, 5.74) is 0.137. The molecule has 1 amide bonds. The van der Waals surface area contributed by atoms with Gasteiger partial charge in [-0.05, 0) is 35.9 Å². The molecule has 32 heavy (non-hydrogen) atoms. The third kappa shape index (κ3) is 3.24. The van der Waals surface area contributed by atoms with Crippen molar-refractivity contribution < 1.29 is 37.3 Å². The summed E-state index contributed by atoms with van der Waals surface area (Å²) in [5.74, 6) is -1.31. The van der Waals surface area contributed by atoms with Gasteiger partial charge in [-0.15, -0.1) is 0 Å². The molecule has 0 unspecified atom stereocenters. The lowest BCUT2D eigenvalue weighted by Gasteiger charge is -2.26. The van der Waals surface area contributed by atoms with Crippen LogP contribution in [-0.2, 0) is 11.0 Å². The Hall–Kier alpha value is -3.95. The van der Waals surface area contributed by atoms with Crippen LogP contribution in [0.25, 0.3) is 5.69 Å². The van der Waals surface area contributed by atoms with Gasteiger partial charge in [0.25, 0.3) is 0 Å². The van der Waals surface area contributed by atoms with Crippen molar-refractivity contribution in [2.24, 2.45) is 0 Å². The van der Waals surface area contributed by atoms with Crippen LogP contribution in [0.2, 0.25) is 0 Å². The maximum Gasteiger partial charge on any atom is 0.416 e. The highest BCUT2D eigenvalue weighted by Crippen LogP contribution is 2.44. The summed E-state index contributed by atoms with van der Waals surface area (Å²) in [6, 6.07) is 9.69. The zero-order valence-corrected chi connectivity index (χ0v) is 16.3. The number of carbonyl (C=O) groups is 2. The zero-order valence-electron chi connectivity index (χ0n) is 16.3. The van der Waals surface area contributed by atoms with Crippen molar-refractivity contribution in [2.75, 3.05) is 12.1 Å². The first-order valence-electron chi connectivity index (χ1n) is 9.58. The Morgan fingerprint density at radius 1 is 1.12 bits per heavy atom. The fourth-order valence-corrected chi connectivity index (χ4v) is 4.08. The lowest BCUT2D eigenvalue weighted by molar-refractivity contribution is -0.137. The minimum absolute atomic E-state index is 0.0192. The molecule has 0 saturated heterocycles. The second-order valence-electron chi connectivity index (χ2n) is 7.44. The average Bonchev–Trinajstić information content (AvgIpc) is 3.36. The maximum absolute atomic E-state index is 13.3. The molecule has 1 aromatic heterocycles. The summed E-state index contributed by atoms with van der Waals surface area (Å²) in [7, 11) is 0. The second kappa shape index (κ2) is 7.04. The van der Waals surface area contributed by atoms with Crippen molar-refractivity contribution in [1.82, 2.24) is 4.57 Å². The fourth-order valence-electron chi connectivity index (χ4n) is 4.08. The van der Waals surface area contributed by atoms with E-state index in [0.29, 0.717) is 22.8 Å². The molecule has 0 radical (unpaired) electrons. The van der Waals surface area contributed by atoms with Crippen molar-refractivity contribution >= 4 is 17.6 Å². The summed E-state index contributed by atoms with van der Waals surface area (Å²) in [4.78, 5) is 24.3. The SMILES string of the molecule is O=C1C[C@@H](c2ccc3c(c2)OCO3)c2c(c(C(=O)O)cn2-c2cccc(C(F)(F)F)c2)N1. The number of nitrogens with one attached hydrogen (secondary N) is 1. The van der Waals surface area contributed by atoms with Crippen LogP contribution in [0.5, 0.6) is 11.5 Å². The normalized spacial score (nSPS) is 17.1. The molecule has 0 aliphatic carbocycles.